The topological polar surface area (TPSA) is 59.8 Å². The van der Waals surface area contributed by atoms with Crippen LogP contribution < -0.4 is 5.32 Å². The van der Waals surface area contributed by atoms with E-state index in [1.165, 1.54) is 30.2 Å². The number of para-hydroxylation sites is 1. The summed E-state index contributed by atoms with van der Waals surface area (Å²) in [7, 11) is 0. The molecule has 0 aliphatic heterocycles. The fraction of sp³-hybridized carbons (Fsp3) is 0.348. The maximum atomic E-state index is 12.9. The largest absolute Gasteiger partial charge is 0.325 e. The van der Waals surface area contributed by atoms with Crippen molar-refractivity contribution in [3.05, 3.63) is 71.0 Å². The number of aromatic nitrogens is 3. The van der Waals surface area contributed by atoms with Crippen LogP contribution in [0.3, 0.4) is 0 Å². The number of rotatable bonds is 7. The zero-order chi connectivity index (χ0) is 20.4. The second-order valence-corrected chi connectivity index (χ2v) is 9.01. The van der Waals surface area contributed by atoms with Gasteiger partial charge in [0.2, 0.25) is 5.91 Å². The predicted molar refractivity (Wildman–Crippen MR) is 117 cm³/mol. The lowest BCUT2D eigenvalue weighted by molar-refractivity contribution is -0.115. The fourth-order valence-electron chi connectivity index (χ4n) is 3.39. The fourth-order valence-corrected chi connectivity index (χ4v) is 4.25. The molecule has 1 aliphatic rings. The molecule has 1 saturated carbocycles. The molecule has 0 radical (unpaired) electrons. The molecule has 3 aromatic rings. The minimum absolute atomic E-state index is 0.0189. The molecule has 1 atom stereocenters. The van der Waals surface area contributed by atoms with Crippen molar-refractivity contribution in [1.82, 2.24) is 14.8 Å². The quantitative estimate of drug-likeness (QED) is 0.565. The van der Waals surface area contributed by atoms with Crippen LogP contribution >= 0.6 is 11.8 Å². The van der Waals surface area contributed by atoms with Gasteiger partial charge in [-0.25, -0.2) is 0 Å². The average Bonchev–Trinajstić information content (AvgIpc) is 3.49. The molecule has 5 nitrogen and oxygen atoms in total. The van der Waals surface area contributed by atoms with Gasteiger partial charge in [-0.1, -0.05) is 60.3 Å². The number of nitrogens with one attached hydrogen (secondary N) is 1. The van der Waals surface area contributed by atoms with Crippen molar-refractivity contribution < 1.29 is 4.79 Å². The highest BCUT2D eigenvalue weighted by Crippen LogP contribution is 2.40. The molecule has 0 spiro atoms. The highest BCUT2D eigenvalue weighted by molar-refractivity contribution is 8.00. The molecule has 1 aromatic heterocycles. The monoisotopic (exact) mass is 406 g/mol. The van der Waals surface area contributed by atoms with E-state index in [0.29, 0.717) is 5.92 Å². The Kier molecular flexibility index (Phi) is 5.72. The van der Waals surface area contributed by atoms with Crippen LogP contribution in [0, 0.1) is 13.8 Å². The van der Waals surface area contributed by atoms with Crippen molar-refractivity contribution in [3.8, 4) is 0 Å². The first-order valence-corrected chi connectivity index (χ1v) is 10.9. The van der Waals surface area contributed by atoms with Gasteiger partial charge in [0.25, 0.3) is 0 Å². The highest BCUT2D eigenvalue weighted by Gasteiger charge is 2.31. The minimum Gasteiger partial charge on any atom is -0.325 e. The molecule has 1 N–H and O–H groups in total. The van der Waals surface area contributed by atoms with Crippen molar-refractivity contribution in [2.45, 2.75) is 56.5 Å². The molecular formula is C23H26N4OS. The van der Waals surface area contributed by atoms with Crippen LogP contribution in [-0.4, -0.2) is 25.9 Å². The molecule has 6 heteroatoms. The van der Waals surface area contributed by atoms with E-state index in [4.69, 9.17) is 0 Å². The van der Waals surface area contributed by atoms with E-state index >= 15 is 0 Å². The first kappa shape index (κ1) is 19.7. The Morgan fingerprint density at radius 2 is 1.79 bits per heavy atom. The molecule has 150 valence electrons. The third-order valence-corrected chi connectivity index (χ3v) is 6.33. The Hall–Kier alpha value is -2.60. The summed E-state index contributed by atoms with van der Waals surface area (Å²) in [6.45, 7) is 6.68. The summed E-state index contributed by atoms with van der Waals surface area (Å²) in [6.07, 6.45) is 2.33. The maximum absolute atomic E-state index is 12.9. The van der Waals surface area contributed by atoms with Crippen LogP contribution in [-0.2, 0) is 11.3 Å². The molecule has 2 aromatic carbocycles. The number of hydrogen-bond donors (Lipinski definition) is 1. The Bertz CT molecular complexity index is 991. The lowest BCUT2D eigenvalue weighted by Gasteiger charge is -2.16. The second kappa shape index (κ2) is 8.41. The van der Waals surface area contributed by atoms with E-state index in [2.05, 4.69) is 32.2 Å². The molecule has 1 amide bonds. The lowest BCUT2D eigenvalue weighted by Crippen LogP contribution is -2.24. The van der Waals surface area contributed by atoms with E-state index in [0.717, 1.165) is 34.3 Å². The number of aryl methyl sites for hydroxylation is 2. The van der Waals surface area contributed by atoms with Crippen molar-refractivity contribution >= 4 is 23.4 Å². The summed E-state index contributed by atoms with van der Waals surface area (Å²) in [5.41, 5.74) is 4.25. The number of nitrogens with zero attached hydrogens (tertiary/aromatic N) is 3. The first-order chi connectivity index (χ1) is 14.0. The molecule has 1 fully saturated rings. The molecule has 4 rings (SSSR count). The molecule has 0 unspecified atom stereocenters. The first-order valence-electron chi connectivity index (χ1n) is 10.0. The summed E-state index contributed by atoms with van der Waals surface area (Å²) in [6, 6.07) is 16.4. The molecule has 29 heavy (non-hydrogen) atoms. The third-order valence-electron chi connectivity index (χ3n) is 5.25. The average molecular weight is 407 g/mol. The van der Waals surface area contributed by atoms with Crippen molar-refractivity contribution in [3.63, 3.8) is 0 Å². The Morgan fingerprint density at radius 1 is 1.10 bits per heavy atom. The molecule has 1 aliphatic carbocycles. The number of amides is 1. The zero-order valence-electron chi connectivity index (χ0n) is 17.1. The summed E-state index contributed by atoms with van der Waals surface area (Å²) in [5.74, 6) is 1.52. The highest BCUT2D eigenvalue weighted by atomic mass is 32.2. The van der Waals surface area contributed by atoms with Gasteiger partial charge in [-0.15, -0.1) is 10.2 Å². The Labute approximate surface area is 175 Å². The molecule has 0 saturated heterocycles. The van der Waals surface area contributed by atoms with Gasteiger partial charge >= 0.3 is 0 Å². The second-order valence-electron chi connectivity index (χ2n) is 7.70. The van der Waals surface area contributed by atoms with Gasteiger partial charge in [0.1, 0.15) is 5.82 Å². The minimum atomic E-state index is -0.278. The number of carbonyl (C=O) groups is 1. The van der Waals surface area contributed by atoms with Gasteiger partial charge < -0.3 is 9.88 Å². The van der Waals surface area contributed by atoms with Gasteiger partial charge in [0, 0.05) is 11.6 Å². The Morgan fingerprint density at radius 3 is 2.45 bits per heavy atom. The summed E-state index contributed by atoms with van der Waals surface area (Å²) < 4.78 is 2.18. The zero-order valence-corrected chi connectivity index (χ0v) is 17.9. The summed E-state index contributed by atoms with van der Waals surface area (Å²) in [4.78, 5) is 12.9. The number of anilines is 1. The summed E-state index contributed by atoms with van der Waals surface area (Å²) >= 11 is 1.47. The van der Waals surface area contributed by atoms with Gasteiger partial charge in [-0.05, 0) is 50.3 Å². The number of benzene rings is 2. The number of carbonyl (C=O) groups excluding carboxylic acids is 1. The van der Waals surface area contributed by atoms with Gasteiger partial charge in [-0.3, -0.25) is 4.79 Å². The van der Waals surface area contributed by atoms with Crippen LogP contribution in [0.25, 0.3) is 0 Å². The molecular weight excluding hydrogens is 380 g/mol. The van der Waals surface area contributed by atoms with Crippen LogP contribution in [0.2, 0.25) is 0 Å². The molecule has 0 bridgehead atoms. The van der Waals surface area contributed by atoms with Gasteiger partial charge in [0.15, 0.2) is 5.16 Å². The van der Waals surface area contributed by atoms with Crippen LogP contribution in [0.4, 0.5) is 5.69 Å². The normalized spacial score (nSPS) is 14.6. The van der Waals surface area contributed by atoms with Gasteiger partial charge in [0.05, 0.1) is 11.8 Å². The predicted octanol–water partition coefficient (Wildman–Crippen LogP) is 4.94. The SMILES string of the molecule is Cc1cccc(C)c1NC(=O)[C@H](C)Sc1nnc(C2CC2)n1Cc1ccccc1. The lowest BCUT2D eigenvalue weighted by atomic mass is 10.1. The maximum Gasteiger partial charge on any atom is 0.237 e. The molecule has 1 heterocycles. The summed E-state index contributed by atoms with van der Waals surface area (Å²) in [5, 5.41) is 12.5. The standard InChI is InChI=1S/C23H26N4OS/c1-15-8-7-9-16(2)20(15)24-22(28)17(3)29-23-26-25-21(19-12-13-19)27(23)14-18-10-5-4-6-11-18/h4-11,17,19H,12-14H2,1-3H3,(H,24,28)/t17-/m0/s1. The number of hydrogen-bond acceptors (Lipinski definition) is 4. The Balaban J connectivity index is 1.52. The van der Waals surface area contributed by atoms with E-state index in [1.807, 2.05) is 57.2 Å². The van der Waals surface area contributed by atoms with E-state index in [-0.39, 0.29) is 11.2 Å². The van der Waals surface area contributed by atoms with Crippen molar-refractivity contribution in [1.29, 1.82) is 0 Å². The smallest absolute Gasteiger partial charge is 0.237 e. The van der Waals surface area contributed by atoms with E-state index < -0.39 is 0 Å². The van der Waals surface area contributed by atoms with Crippen LogP contribution in [0.5, 0.6) is 0 Å². The van der Waals surface area contributed by atoms with E-state index in [1.54, 1.807) is 0 Å². The van der Waals surface area contributed by atoms with E-state index in [9.17, 15) is 4.79 Å². The van der Waals surface area contributed by atoms with Crippen molar-refractivity contribution in [2.24, 2.45) is 0 Å². The third kappa shape index (κ3) is 4.53. The van der Waals surface area contributed by atoms with Crippen LogP contribution in [0.15, 0.2) is 53.7 Å². The van der Waals surface area contributed by atoms with Crippen LogP contribution in [0.1, 0.15) is 48.2 Å². The van der Waals surface area contributed by atoms with Gasteiger partial charge in [-0.2, -0.15) is 0 Å². The number of thioether (sulfide) groups is 1. The van der Waals surface area contributed by atoms with Crippen molar-refractivity contribution in [2.75, 3.05) is 5.32 Å².